The molecule has 4 rings (SSSR count). The minimum Gasteiger partial charge on any atom is -0.460 e. The van der Waals surface area contributed by atoms with Gasteiger partial charge in [0.25, 0.3) is 0 Å². The summed E-state index contributed by atoms with van der Waals surface area (Å²) in [5.74, 6) is -2.09. The highest BCUT2D eigenvalue weighted by Gasteiger charge is 2.31. The van der Waals surface area contributed by atoms with Crippen LogP contribution in [0.25, 0.3) is 0 Å². The molecule has 6 atom stereocenters. The molecule has 0 aliphatic carbocycles. The average molecular weight is 867 g/mol. The van der Waals surface area contributed by atoms with E-state index in [-0.39, 0.29) is 52.0 Å². The number of unbranched alkanes of at least 4 members (excludes halogenated alkanes) is 12. The average Bonchev–Trinajstić information content (AvgIpc) is 4.12. The Bertz CT molecular complexity index is 1180. The van der Waals surface area contributed by atoms with Crippen LogP contribution in [0.2, 0.25) is 0 Å². The molecule has 0 aromatic heterocycles. The normalized spacial score (nSPS) is 22.3. The number of carbonyl (C=O) groups excluding carboxylic acids is 5. The summed E-state index contributed by atoms with van der Waals surface area (Å²) < 4.78 is 40.5. The van der Waals surface area contributed by atoms with Crippen molar-refractivity contribution < 1.29 is 57.1 Å². The zero-order chi connectivity index (χ0) is 43.3. The van der Waals surface area contributed by atoms with Crippen LogP contribution in [-0.2, 0) is 57.1 Å². The van der Waals surface area contributed by atoms with Crippen LogP contribution in [-0.4, -0.2) is 138 Å². The van der Waals surface area contributed by atoms with Gasteiger partial charge in [-0.3, -0.25) is 24.0 Å². The Morgan fingerprint density at radius 3 is 1.10 bits per heavy atom. The van der Waals surface area contributed by atoms with E-state index in [4.69, 9.17) is 33.2 Å². The molecule has 4 fully saturated rings. The Morgan fingerprint density at radius 1 is 0.426 bits per heavy atom. The second-order valence-electron chi connectivity index (χ2n) is 17.2. The third kappa shape index (κ3) is 21.4. The van der Waals surface area contributed by atoms with Gasteiger partial charge in [0.2, 0.25) is 0 Å². The fraction of sp³-hybridized carbons (Fsp3) is 0.889. The molecule has 0 bridgehead atoms. The van der Waals surface area contributed by atoms with E-state index in [1.165, 1.54) is 57.8 Å². The summed E-state index contributed by atoms with van der Waals surface area (Å²) in [7, 11) is 0. The van der Waals surface area contributed by atoms with E-state index in [1.807, 2.05) is 0 Å². The van der Waals surface area contributed by atoms with Gasteiger partial charge in [0.05, 0.1) is 26.4 Å². The zero-order valence-corrected chi connectivity index (χ0v) is 37.1. The first kappa shape index (κ1) is 50.8. The van der Waals surface area contributed by atoms with Gasteiger partial charge in [-0.2, -0.15) is 0 Å². The van der Waals surface area contributed by atoms with E-state index in [0.717, 1.165) is 58.0 Å². The molecule has 4 aliphatic heterocycles. The fourth-order valence-electron chi connectivity index (χ4n) is 8.13. The number of carbonyl (C=O) groups is 5. The molecule has 0 radical (unpaired) electrons. The minimum absolute atomic E-state index is 0.100. The lowest BCUT2D eigenvalue weighted by Crippen LogP contribution is -2.41. The maximum Gasteiger partial charge on any atom is 0.323 e. The first-order chi connectivity index (χ1) is 29.8. The number of rotatable bonds is 33. The Balaban J connectivity index is 1.27. The second kappa shape index (κ2) is 31.0. The SMILES string of the molecule is CCCCCCCCCCCCCCCC(=O)OC(COC[C@@H](COC(=O)[C@@H]1CCCN1)OC(=O)[C@@H]1CCCN1)COC[C@@H](COC(=O)[C@@H]1CCCN1)OC(=O)[C@@H]1CCCN1. The summed E-state index contributed by atoms with van der Waals surface area (Å²) in [5, 5.41) is 12.5. The summed E-state index contributed by atoms with van der Waals surface area (Å²) in [5.41, 5.74) is 0. The van der Waals surface area contributed by atoms with Gasteiger partial charge >= 0.3 is 29.8 Å². The number of hydrogen-bond acceptors (Lipinski definition) is 16. The maximum atomic E-state index is 13.1. The van der Waals surface area contributed by atoms with Crippen LogP contribution in [0.15, 0.2) is 0 Å². The van der Waals surface area contributed by atoms with Gasteiger partial charge in [0.1, 0.15) is 43.5 Å². The standard InChI is InChI=1S/C45H78N4O12/c1-2-3-4-5-6-7-8-9-10-11-12-13-14-23-41(50)59-34(28-55-30-35(60-44(53)39-21-17-26-48-39)32-57-42(51)37-19-15-24-46-37)29-56-31-36(61-45(54)40-22-18-27-49-40)33-58-43(52)38-20-16-25-47-38/h34-40,46-49H,2-33H2,1H3/t35-,36-,37-,38-,39-,40-/m0/s1. The second-order valence-corrected chi connectivity index (χ2v) is 17.2. The molecule has 16 nitrogen and oxygen atoms in total. The van der Waals surface area contributed by atoms with Crippen LogP contribution in [0.5, 0.6) is 0 Å². The van der Waals surface area contributed by atoms with Gasteiger partial charge < -0.3 is 54.4 Å². The van der Waals surface area contributed by atoms with Crippen LogP contribution < -0.4 is 21.3 Å². The molecule has 0 aromatic rings. The summed E-state index contributed by atoms with van der Waals surface area (Å²) in [6, 6.07) is -1.68. The highest BCUT2D eigenvalue weighted by atomic mass is 16.6. The van der Waals surface area contributed by atoms with E-state index >= 15 is 0 Å². The molecule has 4 heterocycles. The van der Waals surface area contributed by atoms with Gasteiger partial charge in [-0.05, 0) is 84.0 Å². The van der Waals surface area contributed by atoms with Crippen molar-refractivity contribution in [1.82, 2.24) is 21.3 Å². The summed E-state index contributed by atoms with van der Waals surface area (Å²) in [6.45, 7) is 4.34. The van der Waals surface area contributed by atoms with Crippen LogP contribution in [0.4, 0.5) is 0 Å². The monoisotopic (exact) mass is 867 g/mol. The topological polar surface area (TPSA) is 198 Å². The van der Waals surface area contributed by atoms with Gasteiger partial charge in [0.15, 0.2) is 12.2 Å². The molecule has 0 spiro atoms. The van der Waals surface area contributed by atoms with Gasteiger partial charge in [-0.25, -0.2) is 0 Å². The molecule has 0 unspecified atom stereocenters. The van der Waals surface area contributed by atoms with Gasteiger partial charge in [0, 0.05) is 6.42 Å². The first-order valence-electron chi connectivity index (χ1n) is 23.8. The number of ether oxygens (including phenoxy) is 7. The molecular formula is C45H78N4O12. The summed E-state index contributed by atoms with van der Waals surface area (Å²) in [6.07, 6.45) is 19.3. The van der Waals surface area contributed by atoms with E-state index in [2.05, 4.69) is 28.2 Å². The van der Waals surface area contributed by atoms with Crippen LogP contribution in [0.3, 0.4) is 0 Å². The minimum atomic E-state index is -0.889. The predicted molar refractivity (Wildman–Crippen MR) is 228 cm³/mol. The first-order valence-corrected chi connectivity index (χ1v) is 23.8. The molecule has 16 heteroatoms. The van der Waals surface area contributed by atoms with Crippen LogP contribution >= 0.6 is 0 Å². The molecule has 350 valence electrons. The van der Waals surface area contributed by atoms with Crippen molar-refractivity contribution >= 4 is 29.8 Å². The Hall–Kier alpha value is -2.89. The van der Waals surface area contributed by atoms with Gasteiger partial charge in [-0.1, -0.05) is 84.0 Å². The summed E-state index contributed by atoms with van der Waals surface area (Å²) >= 11 is 0. The number of esters is 5. The fourth-order valence-corrected chi connectivity index (χ4v) is 8.13. The van der Waals surface area contributed by atoms with Gasteiger partial charge in [-0.15, -0.1) is 0 Å². The lowest BCUT2D eigenvalue weighted by Gasteiger charge is -2.24. The van der Waals surface area contributed by atoms with Crippen molar-refractivity contribution in [3.05, 3.63) is 0 Å². The highest BCUT2D eigenvalue weighted by Crippen LogP contribution is 2.16. The van der Waals surface area contributed by atoms with Crippen LogP contribution in [0, 0.1) is 0 Å². The molecule has 4 saturated heterocycles. The molecule has 4 N–H and O–H groups in total. The third-order valence-corrected chi connectivity index (χ3v) is 11.8. The predicted octanol–water partition coefficient (Wildman–Crippen LogP) is 4.33. The van der Waals surface area contributed by atoms with E-state index in [9.17, 15) is 24.0 Å². The van der Waals surface area contributed by atoms with Crippen molar-refractivity contribution in [1.29, 1.82) is 0 Å². The van der Waals surface area contributed by atoms with Crippen LogP contribution in [0.1, 0.15) is 148 Å². The molecule has 0 saturated carbocycles. The number of nitrogens with one attached hydrogen (secondary N) is 4. The van der Waals surface area contributed by atoms with Crippen molar-refractivity contribution in [2.24, 2.45) is 0 Å². The summed E-state index contributed by atoms with van der Waals surface area (Å²) in [4.78, 5) is 64.4. The Kier molecular flexibility index (Phi) is 25.8. The largest absolute Gasteiger partial charge is 0.460 e. The molecule has 4 aliphatic rings. The number of hydrogen-bond donors (Lipinski definition) is 4. The van der Waals surface area contributed by atoms with E-state index < -0.39 is 66.4 Å². The Labute approximate surface area is 364 Å². The zero-order valence-electron chi connectivity index (χ0n) is 37.1. The molecule has 0 amide bonds. The van der Waals surface area contributed by atoms with E-state index in [1.54, 1.807) is 0 Å². The highest BCUT2D eigenvalue weighted by molar-refractivity contribution is 5.78. The van der Waals surface area contributed by atoms with Crippen molar-refractivity contribution in [2.75, 3.05) is 65.8 Å². The lowest BCUT2D eigenvalue weighted by atomic mass is 10.0. The lowest BCUT2D eigenvalue weighted by molar-refractivity contribution is -0.171. The molecule has 0 aromatic carbocycles. The van der Waals surface area contributed by atoms with Crippen molar-refractivity contribution in [3.63, 3.8) is 0 Å². The third-order valence-electron chi connectivity index (χ3n) is 11.8. The Morgan fingerprint density at radius 2 is 0.754 bits per heavy atom. The van der Waals surface area contributed by atoms with Crippen molar-refractivity contribution in [2.45, 2.75) is 191 Å². The van der Waals surface area contributed by atoms with E-state index in [0.29, 0.717) is 45.2 Å². The quantitative estimate of drug-likeness (QED) is 0.0413. The molecule has 61 heavy (non-hydrogen) atoms. The van der Waals surface area contributed by atoms with Crippen molar-refractivity contribution in [3.8, 4) is 0 Å². The maximum absolute atomic E-state index is 13.1. The molecular weight excluding hydrogens is 789 g/mol. The smallest absolute Gasteiger partial charge is 0.323 e.